The second kappa shape index (κ2) is 5.25. The molecule has 0 aliphatic heterocycles. The number of carbonyl (C=O) groups is 1. The minimum absolute atomic E-state index is 0.446. The zero-order valence-electron chi connectivity index (χ0n) is 11.9. The van der Waals surface area contributed by atoms with E-state index in [-0.39, 0.29) is 0 Å². The van der Waals surface area contributed by atoms with Gasteiger partial charge in [-0.2, -0.15) is 0 Å². The van der Waals surface area contributed by atoms with Gasteiger partial charge in [0.15, 0.2) is 5.75 Å². The van der Waals surface area contributed by atoms with Gasteiger partial charge in [0.2, 0.25) is 5.91 Å². The number of amides is 1. The maximum atomic E-state index is 11.2. The summed E-state index contributed by atoms with van der Waals surface area (Å²) in [6.07, 6.45) is 0. The van der Waals surface area contributed by atoms with Crippen molar-refractivity contribution in [1.29, 1.82) is 0 Å². The molecular weight excluding hydrogens is 252 g/mol. The van der Waals surface area contributed by atoms with Gasteiger partial charge in [-0.1, -0.05) is 6.07 Å². The van der Waals surface area contributed by atoms with Crippen molar-refractivity contribution in [3.63, 3.8) is 0 Å². The predicted molar refractivity (Wildman–Crippen MR) is 80.1 cm³/mol. The topological polar surface area (TPSA) is 78.3 Å². The molecule has 0 aliphatic rings. The summed E-state index contributed by atoms with van der Waals surface area (Å²) in [5.74, 6) is 0.869. The summed E-state index contributed by atoms with van der Waals surface area (Å²) in [5, 5.41) is 0. The normalized spacial score (nSPS) is 10.3. The van der Waals surface area contributed by atoms with Gasteiger partial charge in [0.1, 0.15) is 5.75 Å². The van der Waals surface area contributed by atoms with Crippen LogP contribution in [0.3, 0.4) is 0 Å². The van der Waals surface area contributed by atoms with Gasteiger partial charge in [0, 0.05) is 5.56 Å². The van der Waals surface area contributed by atoms with E-state index in [2.05, 4.69) is 0 Å². The Bertz CT molecular complexity index is 655. The highest BCUT2D eigenvalue weighted by molar-refractivity contribution is 5.93. The first-order valence-electron chi connectivity index (χ1n) is 6.33. The number of aryl methyl sites for hydroxylation is 3. The van der Waals surface area contributed by atoms with E-state index in [4.69, 9.17) is 16.2 Å². The number of hydrogen-bond donors (Lipinski definition) is 2. The summed E-state index contributed by atoms with van der Waals surface area (Å²) < 4.78 is 5.91. The molecule has 0 radical (unpaired) electrons. The van der Waals surface area contributed by atoms with E-state index < -0.39 is 5.91 Å². The number of ether oxygens (including phenoxy) is 1. The third-order valence-electron chi connectivity index (χ3n) is 3.13. The van der Waals surface area contributed by atoms with Crippen LogP contribution in [-0.4, -0.2) is 5.91 Å². The summed E-state index contributed by atoms with van der Waals surface area (Å²) in [4.78, 5) is 11.2. The summed E-state index contributed by atoms with van der Waals surface area (Å²) >= 11 is 0. The summed E-state index contributed by atoms with van der Waals surface area (Å²) in [6.45, 7) is 5.73. The van der Waals surface area contributed by atoms with Crippen molar-refractivity contribution in [3.8, 4) is 11.5 Å². The molecule has 4 heteroatoms. The highest BCUT2D eigenvalue weighted by atomic mass is 16.5. The van der Waals surface area contributed by atoms with Crippen LogP contribution in [0.5, 0.6) is 11.5 Å². The number of primary amides is 1. The smallest absolute Gasteiger partial charge is 0.248 e. The van der Waals surface area contributed by atoms with Crippen molar-refractivity contribution in [2.75, 3.05) is 5.73 Å². The molecule has 0 spiro atoms. The third kappa shape index (κ3) is 2.74. The molecule has 2 rings (SSSR count). The van der Waals surface area contributed by atoms with E-state index in [1.807, 2.05) is 39.0 Å². The van der Waals surface area contributed by atoms with Gasteiger partial charge in [-0.15, -0.1) is 0 Å². The number of nitrogens with two attached hydrogens (primary N) is 2. The van der Waals surface area contributed by atoms with Gasteiger partial charge in [-0.25, -0.2) is 0 Å². The molecule has 4 nitrogen and oxygen atoms in total. The Morgan fingerprint density at radius 3 is 2.20 bits per heavy atom. The lowest BCUT2D eigenvalue weighted by Gasteiger charge is -2.14. The molecule has 0 unspecified atom stereocenters. The molecule has 2 aromatic rings. The number of carbonyl (C=O) groups excluding carboxylic acids is 1. The quantitative estimate of drug-likeness (QED) is 0.841. The molecule has 0 bridgehead atoms. The van der Waals surface area contributed by atoms with E-state index in [9.17, 15) is 4.79 Å². The van der Waals surface area contributed by atoms with Crippen molar-refractivity contribution in [3.05, 3.63) is 52.6 Å². The average Bonchev–Trinajstić information content (AvgIpc) is 2.37. The fourth-order valence-corrected chi connectivity index (χ4v) is 2.09. The zero-order chi connectivity index (χ0) is 14.9. The molecule has 0 saturated heterocycles. The molecule has 2 aromatic carbocycles. The van der Waals surface area contributed by atoms with Crippen LogP contribution in [0.15, 0.2) is 30.3 Å². The Hall–Kier alpha value is -2.49. The number of benzene rings is 2. The van der Waals surface area contributed by atoms with Crippen molar-refractivity contribution in [1.82, 2.24) is 0 Å². The highest BCUT2D eigenvalue weighted by Gasteiger charge is 2.11. The lowest BCUT2D eigenvalue weighted by molar-refractivity contribution is 0.1000. The molecule has 0 aliphatic carbocycles. The zero-order valence-corrected chi connectivity index (χ0v) is 11.9. The van der Waals surface area contributed by atoms with Crippen LogP contribution in [0.25, 0.3) is 0 Å². The number of hydrogen-bond acceptors (Lipinski definition) is 3. The largest absolute Gasteiger partial charge is 0.455 e. The molecule has 4 N–H and O–H groups in total. The van der Waals surface area contributed by atoms with Crippen LogP contribution in [0, 0.1) is 20.8 Å². The second-order valence-electron chi connectivity index (χ2n) is 4.95. The molecule has 0 aromatic heterocycles. The van der Waals surface area contributed by atoms with E-state index in [1.54, 1.807) is 12.1 Å². The predicted octanol–water partition coefficient (Wildman–Crippen LogP) is 3.09. The molecule has 1 amide bonds. The Labute approximate surface area is 118 Å². The third-order valence-corrected chi connectivity index (χ3v) is 3.13. The molecule has 20 heavy (non-hydrogen) atoms. The van der Waals surface area contributed by atoms with Gasteiger partial charge < -0.3 is 16.2 Å². The first kappa shape index (κ1) is 13.9. The SMILES string of the molecule is Cc1ccc(N)c(Oc2c(C)cc(C(N)=O)cc2C)c1. The first-order chi connectivity index (χ1) is 9.38. The fourth-order valence-electron chi connectivity index (χ4n) is 2.09. The fraction of sp³-hybridized carbons (Fsp3) is 0.188. The second-order valence-corrected chi connectivity index (χ2v) is 4.95. The van der Waals surface area contributed by atoms with E-state index in [0.717, 1.165) is 16.7 Å². The van der Waals surface area contributed by atoms with E-state index in [0.29, 0.717) is 22.7 Å². The van der Waals surface area contributed by atoms with Gasteiger partial charge in [0.05, 0.1) is 5.69 Å². The Morgan fingerprint density at radius 1 is 1.05 bits per heavy atom. The lowest BCUT2D eigenvalue weighted by atomic mass is 10.1. The number of anilines is 1. The van der Waals surface area contributed by atoms with Gasteiger partial charge in [-0.05, 0) is 61.7 Å². The standard InChI is InChI=1S/C16H18N2O2/c1-9-4-5-13(17)14(6-9)20-15-10(2)7-12(16(18)19)8-11(15)3/h4-8H,17H2,1-3H3,(H2,18,19). The monoisotopic (exact) mass is 270 g/mol. The Morgan fingerprint density at radius 2 is 1.65 bits per heavy atom. The van der Waals surface area contributed by atoms with Crippen LogP contribution >= 0.6 is 0 Å². The molecule has 0 fully saturated rings. The number of rotatable bonds is 3. The maximum Gasteiger partial charge on any atom is 0.248 e. The average molecular weight is 270 g/mol. The molecule has 104 valence electrons. The molecule has 0 saturated carbocycles. The first-order valence-corrected chi connectivity index (χ1v) is 6.33. The van der Waals surface area contributed by atoms with Crippen LogP contribution in [0.2, 0.25) is 0 Å². The summed E-state index contributed by atoms with van der Waals surface area (Å²) in [5.41, 5.74) is 15.0. The van der Waals surface area contributed by atoms with Crippen molar-refractivity contribution in [2.45, 2.75) is 20.8 Å². The van der Waals surface area contributed by atoms with Crippen molar-refractivity contribution >= 4 is 11.6 Å². The van der Waals surface area contributed by atoms with Crippen LogP contribution in [0.4, 0.5) is 5.69 Å². The summed E-state index contributed by atoms with van der Waals surface area (Å²) in [6, 6.07) is 9.06. The van der Waals surface area contributed by atoms with Crippen molar-refractivity contribution in [2.24, 2.45) is 5.73 Å². The number of nitrogen functional groups attached to an aromatic ring is 1. The van der Waals surface area contributed by atoms with Crippen LogP contribution < -0.4 is 16.2 Å². The maximum absolute atomic E-state index is 11.2. The molecule has 0 heterocycles. The van der Waals surface area contributed by atoms with E-state index >= 15 is 0 Å². The van der Waals surface area contributed by atoms with Crippen LogP contribution in [0.1, 0.15) is 27.0 Å². The van der Waals surface area contributed by atoms with Gasteiger partial charge in [0.25, 0.3) is 0 Å². The highest BCUT2D eigenvalue weighted by Crippen LogP contribution is 2.33. The van der Waals surface area contributed by atoms with Crippen LogP contribution in [-0.2, 0) is 0 Å². The Kier molecular flexibility index (Phi) is 3.66. The lowest BCUT2D eigenvalue weighted by Crippen LogP contribution is -2.11. The molecule has 0 atom stereocenters. The minimum atomic E-state index is -0.446. The van der Waals surface area contributed by atoms with Gasteiger partial charge >= 0.3 is 0 Å². The van der Waals surface area contributed by atoms with Gasteiger partial charge in [-0.3, -0.25) is 4.79 Å². The van der Waals surface area contributed by atoms with Crippen molar-refractivity contribution < 1.29 is 9.53 Å². The summed E-state index contributed by atoms with van der Waals surface area (Å²) in [7, 11) is 0. The van der Waals surface area contributed by atoms with E-state index in [1.165, 1.54) is 0 Å². The minimum Gasteiger partial charge on any atom is -0.455 e. The molecular formula is C16H18N2O2. The Balaban J connectivity index is 2.44.